The summed E-state index contributed by atoms with van der Waals surface area (Å²) < 4.78 is 0. The van der Waals surface area contributed by atoms with Crippen LogP contribution < -0.4 is 11.1 Å². The third-order valence-electron chi connectivity index (χ3n) is 8.72. The topological polar surface area (TPSA) is 98.8 Å². The zero-order chi connectivity index (χ0) is 20.4. The van der Waals surface area contributed by atoms with Crippen molar-refractivity contribution in [1.29, 1.82) is 0 Å². The van der Waals surface area contributed by atoms with Gasteiger partial charge in [0.1, 0.15) is 0 Å². The van der Waals surface area contributed by atoms with Gasteiger partial charge in [-0.2, -0.15) is 0 Å². The Morgan fingerprint density at radius 1 is 1.00 bits per heavy atom. The first-order valence-electron chi connectivity index (χ1n) is 12.2. The van der Waals surface area contributed by atoms with Crippen LogP contribution in [0.2, 0.25) is 5.82 Å². The summed E-state index contributed by atoms with van der Waals surface area (Å²) in [6, 6.07) is 0.340. The molecule has 6 atom stereocenters. The highest BCUT2D eigenvalue weighted by Crippen LogP contribution is 2.45. The van der Waals surface area contributed by atoms with Crippen LogP contribution in [0.5, 0.6) is 0 Å². The Morgan fingerprint density at radius 3 is 2.52 bits per heavy atom. The van der Waals surface area contributed by atoms with Crippen molar-refractivity contribution in [3.05, 3.63) is 0 Å². The Morgan fingerprint density at radius 2 is 1.79 bits per heavy atom. The van der Waals surface area contributed by atoms with Crippen LogP contribution in [0.1, 0.15) is 64.2 Å². The minimum atomic E-state index is -1.40. The van der Waals surface area contributed by atoms with Gasteiger partial charge < -0.3 is 26.0 Å². The van der Waals surface area contributed by atoms with Crippen LogP contribution in [-0.4, -0.2) is 60.2 Å². The molecule has 0 radical (unpaired) electrons. The van der Waals surface area contributed by atoms with Crippen molar-refractivity contribution >= 4 is 13.0 Å². The van der Waals surface area contributed by atoms with E-state index in [1.165, 1.54) is 25.7 Å². The summed E-state index contributed by atoms with van der Waals surface area (Å²) in [5.41, 5.74) is 5.93. The number of nitrogens with one attached hydrogen (secondary N) is 1. The predicted octanol–water partition coefficient (Wildman–Crippen LogP) is 1.61. The molecule has 0 aromatic rings. The fourth-order valence-electron chi connectivity index (χ4n) is 7.12. The fraction of sp³-hybridized carbons (Fsp3) is 0.955. The normalized spacial score (nSPS) is 39.1. The summed E-state index contributed by atoms with van der Waals surface area (Å²) in [6.45, 7) is 3.50. The van der Waals surface area contributed by atoms with Gasteiger partial charge in [0.25, 0.3) is 0 Å². The van der Waals surface area contributed by atoms with E-state index < -0.39 is 7.12 Å². The zero-order valence-corrected chi connectivity index (χ0v) is 17.8. The van der Waals surface area contributed by atoms with Crippen molar-refractivity contribution in [2.45, 2.75) is 76.1 Å². The maximum absolute atomic E-state index is 13.4. The molecule has 2 saturated heterocycles. The van der Waals surface area contributed by atoms with Crippen LogP contribution >= 0.6 is 0 Å². The smallest absolute Gasteiger partial charge is 0.427 e. The van der Waals surface area contributed by atoms with E-state index in [0.717, 1.165) is 76.5 Å². The molecule has 7 heteroatoms. The largest absolute Gasteiger partial charge is 0.455 e. The number of nitrogens with zero attached hydrogens (tertiary/aromatic N) is 1. The molecular formula is C22H40BN3O3. The SMILES string of the molecule is NCC1CCCC(C2CCN(C(=O)C3CCC4NCCCC4C3B(O)O)CC2)C1. The molecule has 164 valence electrons. The van der Waals surface area contributed by atoms with Crippen LogP contribution in [0.4, 0.5) is 0 Å². The number of carbonyl (C=O) groups excluding carboxylic acids is 1. The van der Waals surface area contributed by atoms with E-state index >= 15 is 0 Å². The zero-order valence-electron chi connectivity index (χ0n) is 17.8. The van der Waals surface area contributed by atoms with Crippen LogP contribution in [0.15, 0.2) is 0 Å². The van der Waals surface area contributed by atoms with Crippen LogP contribution in [0.25, 0.3) is 0 Å². The molecule has 0 aromatic heterocycles. The molecule has 2 aliphatic heterocycles. The standard InChI is InChI=1S/C22H40BN3O3/c24-14-15-3-1-4-17(13-15)16-8-11-26(12-9-16)22(27)19-6-7-20-18(5-2-10-25-20)21(19)23(28)29/h15-21,25,28-29H,1-14,24H2. The molecule has 2 aliphatic carbocycles. The summed E-state index contributed by atoms with van der Waals surface area (Å²) in [5, 5.41) is 23.8. The second-order valence-electron chi connectivity index (χ2n) is 10.2. The lowest BCUT2D eigenvalue weighted by atomic mass is 9.52. The summed E-state index contributed by atoms with van der Waals surface area (Å²) in [5.74, 6) is 2.03. The number of likely N-dealkylation sites (tertiary alicyclic amines) is 1. The first-order chi connectivity index (χ1) is 14.1. The molecule has 2 heterocycles. The molecule has 6 nitrogen and oxygen atoms in total. The summed E-state index contributed by atoms with van der Waals surface area (Å²) in [6.07, 6.45) is 11.2. The van der Waals surface area contributed by atoms with E-state index in [0.29, 0.717) is 12.0 Å². The Hall–Kier alpha value is -0.625. The molecule has 4 rings (SSSR count). The van der Waals surface area contributed by atoms with Gasteiger partial charge in [-0.05, 0) is 88.1 Å². The number of fused-ring (bicyclic) bond motifs is 1. The number of carbonyl (C=O) groups is 1. The number of rotatable bonds is 4. The van der Waals surface area contributed by atoms with Gasteiger partial charge in [0, 0.05) is 30.9 Å². The molecular weight excluding hydrogens is 365 g/mol. The maximum atomic E-state index is 13.4. The minimum Gasteiger partial charge on any atom is -0.427 e. The maximum Gasteiger partial charge on any atom is 0.455 e. The van der Waals surface area contributed by atoms with Crippen molar-refractivity contribution in [1.82, 2.24) is 10.2 Å². The van der Waals surface area contributed by atoms with Crippen LogP contribution in [-0.2, 0) is 4.79 Å². The van der Waals surface area contributed by atoms with Gasteiger partial charge in [0.15, 0.2) is 0 Å². The molecule has 0 aromatic carbocycles. The number of nitrogens with two attached hydrogens (primary N) is 1. The highest BCUT2D eigenvalue weighted by Gasteiger charge is 2.49. The van der Waals surface area contributed by atoms with Crippen LogP contribution in [0.3, 0.4) is 0 Å². The Labute approximate surface area is 176 Å². The molecule has 4 fully saturated rings. The second-order valence-corrected chi connectivity index (χ2v) is 10.2. The summed E-state index contributed by atoms with van der Waals surface area (Å²) in [4.78, 5) is 15.4. The van der Waals surface area contributed by atoms with Crippen molar-refractivity contribution in [2.75, 3.05) is 26.2 Å². The number of amides is 1. The number of hydrogen-bond donors (Lipinski definition) is 4. The Balaban J connectivity index is 1.35. The van der Waals surface area contributed by atoms with E-state index in [9.17, 15) is 14.8 Å². The first kappa shape index (κ1) is 21.6. The Kier molecular flexibility index (Phi) is 7.20. The monoisotopic (exact) mass is 405 g/mol. The van der Waals surface area contributed by atoms with Gasteiger partial charge in [-0.1, -0.05) is 12.8 Å². The average molecular weight is 405 g/mol. The summed E-state index contributed by atoms with van der Waals surface area (Å²) in [7, 11) is -1.40. The van der Waals surface area contributed by atoms with Crippen molar-refractivity contribution in [2.24, 2.45) is 35.3 Å². The van der Waals surface area contributed by atoms with Gasteiger partial charge in [-0.25, -0.2) is 0 Å². The summed E-state index contributed by atoms with van der Waals surface area (Å²) >= 11 is 0. The van der Waals surface area contributed by atoms with Gasteiger partial charge in [-0.3, -0.25) is 4.79 Å². The van der Waals surface area contributed by atoms with E-state index in [1.54, 1.807) is 0 Å². The van der Waals surface area contributed by atoms with Crippen molar-refractivity contribution < 1.29 is 14.8 Å². The molecule has 0 bridgehead atoms. The lowest BCUT2D eigenvalue weighted by Crippen LogP contribution is -2.55. The van der Waals surface area contributed by atoms with Gasteiger partial charge >= 0.3 is 7.12 Å². The molecule has 1 amide bonds. The van der Waals surface area contributed by atoms with Gasteiger partial charge in [0.05, 0.1) is 0 Å². The molecule has 5 N–H and O–H groups in total. The van der Waals surface area contributed by atoms with E-state index in [1.807, 2.05) is 4.90 Å². The molecule has 2 saturated carbocycles. The number of hydrogen-bond acceptors (Lipinski definition) is 5. The highest BCUT2D eigenvalue weighted by atomic mass is 16.4. The fourth-order valence-corrected chi connectivity index (χ4v) is 7.12. The van der Waals surface area contributed by atoms with E-state index in [-0.39, 0.29) is 23.6 Å². The average Bonchev–Trinajstić information content (AvgIpc) is 2.77. The lowest BCUT2D eigenvalue weighted by Gasteiger charge is -2.47. The predicted molar refractivity (Wildman–Crippen MR) is 115 cm³/mol. The Bertz CT molecular complexity index is 555. The van der Waals surface area contributed by atoms with Crippen molar-refractivity contribution in [3.8, 4) is 0 Å². The second kappa shape index (κ2) is 9.67. The van der Waals surface area contributed by atoms with E-state index in [2.05, 4.69) is 5.32 Å². The van der Waals surface area contributed by atoms with Gasteiger partial charge in [0.2, 0.25) is 5.91 Å². The lowest BCUT2D eigenvalue weighted by molar-refractivity contribution is -0.139. The van der Waals surface area contributed by atoms with E-state index in [4.69, 9.17) is 5.73 Å². The first-order valence-corrected chi connectivity index (χ1v) is 12.2. The minimum absolute atomic E-state index is 0.175. The molecule has 29 heavy (non-hydrogen) atoms. The third-order valence-corrected chi connectivity index (χ3v) is 8.72. The number of piperidine rings is 2. The quantitative estimate of drug-likeness (QED) is 0.533. The van der Waals surface area contributed by atoms with Gasteiger partial charge in [-0.15, -0.1) is 0 Å². The highest BCUT2D eigenvalue weighted by molar-refractivity contribution is 6.44. The van der Waals surface area contributed by atoms with Crippen molar-refractivity contribution in [3.63, 3.8) is 0 Å². The van der Waals surface area contributed by atoms with Crippen LogP contribution in [0, 0.1) is 29.6 Å². The third kappa shape index (κ3) is 4.68. The molecule has 4 aliphatic rings. The molecule has 0 spiro atoms. The molecule has 6 unspecified atom stereocenters.